The maximum atomic E-state index is 12.0. The molecule has 3 aromatic rings. The van der Waals surface area contributed by atoms with Crippen LogP contribution in [-0.4, -0.2) is 88.0 Å². The smallest absolute Gasteiger partial charge is 0.327 e. The molecule has 1 amide bonds. The number of β-lactam (4-membered cyclic amide) rings is 1. The van der Waals surface area contributed by atoms with Gasteiger partial charge in [0.25, 0.3) is 20.2 Å². The third-order valence-corrected chi connectivity index (χ3v) is 11.7. The van der Waals surface area contributed by atoms with E-state index in [1.165, 1.54) is 34.7 Å². The number of carboxylic acid groups (broad SMARTS) is 1. The largest absolute Gasteiger partial charge is 0.480 e. The molecule has 46 heavy (non-hydrogen) atoms. The summed E-state index contributed by atoms with van der Waals surface area (Å²) in [6, 6.07) is 21.0. The number of carboxylic acids is 1. The molecule has 5 N–H and O–H groups in total. The van der Waals surface area contributed by atoms with E-state index < -0.39 is 43.0 Å². The average Bonchev–Trinajstić information content (AvgIpc) is 3.30. The van der Waals surface area contributed by atoms with Gasteiger partial charge in [0.1, 0.15) is 17.5 Å². The summed E-state index contributed by atoms with van der Waals surface area (Å²) < 4.78 is 58.7. The molecule has 1 spiro atoms. The number of thioether (sulfide) groups is 1. The molecule has 3 aliphatic rings. The lowest BCUT2D eigenvalue weighted by Crippen LogP contribution is -2.69. The first-order valence-corrected chi connectivity index (χ1v) is 18.1. The second kappa shape index (κ2) is 14.2. The zero-order valence-electron chi connectivity index (χ0n) is 25.3. The van der Waals surface area contributed by atoms with Crippen molar-refractivity contribution in [3.05, 3.63) is 95.6 Å². The average molecular weight is 692 g/mol. The number of piperidine rings is 1. The molecule has 3 aromatic carbocycles. The quantitative estimate of drug-likeness (QED) is 0.226. The Morgan fingerprint density at radius 1 is 0.848 bits per heavy atom. The van der Waals surface area contributed by atoms with Gasteiger partial charge in [-0.05, 0) is 69.6 Å². The highest BCUT2D eigenvalue weighted by molar-refractivity contribution is 8.01. The first kappa shape index (κ1) is 35.5. The Morgan fingerprint density at radius 2 is 1.30 bits per heavy atom. The summed E-state index contributed by atoms with van der Waals surface area (Å²) in [4.78, 5) is 27.6. The fraction of sp³-hybridized carbons (Fsp3) is 0.355. The van der Waals surface area contributed by atoms with E-state index in [1.807, 2.05) is 32.0 Å². The minimum absolute atomic E-state index is 0.0666. The van der Waals surface area contributed by atoms with E-state index in [0.717, 1.165) is 43.6 Å². The number of amides is 1. The van der Waals surface area contributed by atoms with Gasteiger partial charge in [0.2, 0.25) is 5.91 Å². The number of nitrogens with two attached hydrogens (primary N) is 1. The number of benzene rings is 3. The van der Waals surface area contributed by atoms with E-state index in [0.29, 0.717) is 0 Å². The number of hydrogen-bond donors (Lipinski definition) is 4. The van der Waals surface area contributed by atoms with Crippen LogP contribution in [0.15, 0.2) is 88.7 Å². The first-order chi connectivity index (χ1) is 21.5. The van der Waals surface area contributed by atoms with E-state index in [2.05, 4.69) is 17.0 Å². The number of rotatable bonds is 5. The predicted molar refractivity (Wildman–Crippen MR) is 173 cm³/mol. The van der Waals surface area contributed by atoms with Crippen molar-refractivity contribution in [2.75, 3.05) is 13.1 Å². The molecule has 0 radical (unpaired) electrons. The Hall–Kier alpha value is -3.31. The highest BCUT2D eigenvalue weighted by Gasteiger charge is 2.66. The Morgan fingerprint density at radius 3 is 1.72 bits per heavy atom. The third kappa shape index (κ3) is 8.34. The van der Waals surface area contributed by atoms with E-state index in [-0.39, 0.29) is 21.1 Å². The van der Waals surface area contributed by atoms with Gasteiger partial charge in [0.05, 0.1) is 14.5 Å². The van der Waals surface area contributed by atoms with Crippen LogP contribution in [0.2, 0.25) is 0 Å². The van der Waals surface area contributed by atoms with Crippen LogP contribution in [0.25, 0.3) is 0 Å². The fourth-order valence-corrected chi connectivity index (χ4v) is 8.36. The van der Waals surface area contributed by atoms with Crippen LogP contribution in [0.3, 0.4) is 0 Å². The maximum absolute atomic E-state index is 12.0. The second-order valence-corrected chi connectivity index (χ2v) is 15.8. The molecule has 2 unspecified atom stereocenters. The van der Waals surface area contributed by atoms with Crippen molar-refractivity contribution >= 4 is 43.9 Å². The molecular weight excluding hydrogens is 655 g/mol. The molecular formula is C31H37N3O9S3. The van der Waals surface area contributed by atoms with E-state index in [9.17, 15) is 31.5 Å². The molecule has 248 valence electrons. The number of aryl methyl sites for hydroxylation is 2. The molecule has 15 heteroatoms. The summed E-state index contributed by atoms with van der Waals surface area (Å²) in [6.45, 7) is 6.25. The monoisotopic (exact) mass is 691 g/mol. The number of aliphatic carboxylic acids is 1. The van der Waals surface area contributed by atoms with Crippen molar-refractivity contribution in [1.82, 2.24) is 9.80 Å². The number of nitrogens with zero attached hydrogens (tertiary/aromatic N) is 2. The summed E-state index contributed by atoms with van der Waals surface area (Å²) in [7, 11) is -8.04. The van der Waals surface area contributed by atoms with Gasteiger partial charge < -0.3 is 15.7 Å². The van der Waals surface area contributed by atoms with Crippen LogP contribution in [0.1, 0.15) is 29.5 Å². The zero-order chi connectivity index (χ0) is 33.9. The summed E-state index contributed by atoms with van der Waals surface area (Å²) in [5.41, 5.74) is 9.05. The van der Waals surface area contributed by atoms with E-state index in [4.69, 9.17) is 14.8 Å². The van der Waals surface area contributed by atoms with Crippen LogP contribution in [0.4, 0.5) is 0 Å². The molecule has 3 atom stereocenters. The lowest BCUT2D eigenvalue weighted by Gasteiger charge is -2.43. The third-order valence-electron chi connectivity index (χ3n) is 8.08. The van der Waals surface area contributed by atoms with Crippen LogP contribution in [-0.2, 0) is 36.4 Å². The van der Waals surface area contributed by atoms with Gasteiger partial charge in [-0.15, -0.1) is 11.8 Å². The number of fused-ring (bicyclic) bond motifs is 1. The molecule has 0 saturated carbocycles. The Labute approximate surface area is 273 Å². The van der Waals surface area contributed by atoms with Crippen LogP contribution < -0.4 is 5.73 Å². The summed E-state index contributed by atoms with van der Waals surface area (Å²) in [5.74, 6) is -1.12. The van der Waals surface area contributed by atoms with Crippen molar-refractivity contribution in [3.63, 3.8) is 0 Å². The highest BCUT2D eigenvalue weighted by atomic mass is 32.2. The highest BCUT2D eigenvalue weighted by Crippen LogP contribution is 2.55. The number of carbonyl (C=O) groups is 2. The van der Waals surface area contributed by atoms with Crippen LogP contribution in [0.5, 0.6) is 0 Å². The molecule has 6 rings (SSSR count). The van der Waals surface area contributed by atoms with Crippen LogP contribution in [0, 0.1) is 13.8 Å². The number of likely N-dealkylation sites (tertiary alicyclic amines) is 1. The summed E-state index contributed by atoms with van der Waals surface area (Å²) in [5, 5.41) is 9.53. The van der Waals surface area contributed by atoms with Crippen molar-refractivity contribution in [2.45, 2.75) is 65.2 Å². The fourth-order valence-electron chi connectivity index (χ4n) is 5.56. The number of hydrogen-bond acceptors (Lipinski definition) is 9. The molecule has 3 saturated heterocycles. The lowest BCUT2D eigenvalue weighted by molar-refractivity contribution is -0.160. The molecule has 3 heterocycles. The van der Waals surface area contributed by atoms with Gasteiger partial charge >= 0.3 is 5.97 Å². The van der Waals surface area contributed by atoms with Gasteiger partial charge in [0.15, 0.2) is 0 Å². The predicted octanol–water partition coefficient (Wildman–Crippen LogP) is 3.20. The normalized spacial score (nSPS) is 22.1. The summed E-state index contributed by atoms with van der Waals surface area (Å²) >= 11 is 1.61. The molecule has 0 aliphatic carbocycles. The van der Waals surface area contributed by atoms with Gasteiger partial charge in [0, 0.05) is 6.54 Å². The molecule has 3 aliphatic heterocycles. The van der Waals surface area contributed by atoms with Gasteiger partial charge in [-0.2, -0.15) is 16.8 Å². The van der Waals surface area contributed by atoms with Gasteiger partial charge in [-0.3, -0.25) is 18.8 Å². The van der Waals surface area contributed by atoms with Crippen molar-refractivity contribution in [3.8, 4) is 0 Å². The SMILES string of the molecule is Cc1ccc(S(=O)(=O)O)cc1.Cc1ccc(S(=O)(=O)O)cc1.NC1C(=O)N2C(C(=O)O)C3(CCN(Cc4ccccc4)CC3)S[C@H]12. The van der Waals surface area contributed by atoms with Crippen molar-refractivity contribution in [2.24, 2.45) is 5.73 Å². The summed E-state index contributed by atoms with van der Waals surface area (Å²) in [6.07, 6.45) is 1.54. The van der Waals surface area contributed by atoms with Gasteiger partial charge in [-0.1, -0.05) is 65.7 Å². The maximum Gasteiger partial charge on any atom is 0.327 e. The minimum Gasteiger partial charge on any atom is -0.480 e. The standard InChI is InChI=1S/C17H21N3O3S.2C7H8O3S/c18-12-14(21)20-13(16(22)23)17(24-15(12)20)6-8-19(9-7-17)10-11-4-2-1-3-5-11;2*1-6-2-4-7(5-3-6)11(8,9)10/h1-5,12-13,15H,6-10,18H2,(H,22,23);2*2-5H,1H3,(H,8,9,10)/t12?,13?,15-;;/m1../s1. The Kier molecular flexibility index (Phi) is 11.0. The lowest BCUT2D eigenvalue weighted by atomic mass is 9.85. The Balaban J connectivity index is 0.000000182. The Bertz CT molecular complexity index is 1670. The topological polar surface area (TPSA) is 196 Å². The van der Waals surface area contributed by atoms with E-state index in [1.54, 1.807) is 36.0 Å². The molecule has 3 fully saturated rings. The second-order valence-electron chi connectivity index (χ2n) is 11.4. The minimum atomic E-state index is -4.02. The van der Waals surface area contributed by atoms with Gasteiger partial charge in [-0.25, -0.2) is 4.79 Å². The van der Waals surface area contributed by atoms with E-state index >= 15 is 0 Å². The van der Waals surface area contributed by atoms with Crippen LogP contribution >= 0.6 is 11.8 Å². The molecule has 0 aromatic heterocycles. The van der Waals surface area contributed by atoms with Crippen molar-refractivity contribution in [1.29, 1.82) is 0 Å². The zero-order valence-corrected chi connectivity index (χ0v) is 27.7. The molecule has 0 bridgehead atoms. The van der Waals surface area contributed by atoms with Crippen molar-refractivity contribution < 1.29 is 40.6 Å². The molecule has 12 nitrogen and oxygen atoms in total. The first-order valence-electron chi connectivity index (χ1n) is 14.3. The number of carbonyl (C=O) groups excluding carboxylic acids is 1.